The first-order valence-electron chi connectivity index (χ1n) is 9.03. The zero-order valence-electron chi connectivity index (χ0n) is 15.6. The maximum atomic E-state index is 12.9. The number of aromatic nitrogens is 1. The van der Waals surface area contributed by atoms with Gasteiger partial charge in [0.2, 0.25) is 0 Å². The average Bonchev–Trinajstić information content (AvgIpc) is 2.93. The summed E-state index contributed by atoms with van der Waals surface area (Å²) in [6.07, 6.45) is 0.975. The van der Waals surface area contributed by atoms with Gasteiger partial charge in [0.15, 0.2) is 0 Å². The highest BCUT2D eigenvalue weighted by atomic mass is 16.5. The predicted octanol–water partition coefficient (Wildman–Crippen LogP) is 3.75. The third kappa shape index (κ3) is 2.21. The van der Waals surface area contributed by atoms with Crippen LogP contribution in [0.1, 0.15) is 57.3 Å². The molecule has 0 saturated carbocycles. The van der Waals surface area contributed by atoms with Crippen LogP contribution in [0.5, 0.6) is 5.75 Å². The second-order valence-corrected chi connectivity index (χ2v) is 7.77. The van der Waals surface area contributed by atoms with E-state index in [1.807, 2.05) is 26.0 Å². The van der Waals surface area contributed by atoms with E-state index < -0.39 is 0 Å². The highest BCUT2D eigenvalue weighted by Crippen LogP contribution is 2.55. The summed E-state index contributed by atoms with van der Waals surface area (Å²) in [4.78, 5) is 18.7. The highest BCUT2D eigenvalue weighted by Gasteiger charge is 2.56. The Bertz CT molecular complexity index is 841. The van der Waals surface area contributed by atoms with Gasteiger partial charge < -0.3 is 14.5 Å². The summed E-state index contributed by atoms with van der Waals surface area (Å²) in [6, 6.07) is 5.70. The Hall–Kier alpha value is -2.01. The molecule has 0 aliphatic carbocycles. The van der Waals surface area contributed by atoms with Gasteiger partial charge in [-0.05, 0) is 51.0 Å². The fraction of sp³-hybridized carbons (Fsp3) is 0.550. The van der Waals surface area contributed by atoms with Gasteiger partial charge in [0.05, 0.1) is 13.2 Å². The van der Waals surface area contributed by atoms with Crippen molar-refractivity contribution in [3.63, 3.8) is 0 Å². The van der Waals surface area contributed by atoms with Crippen LogP contribution in [-0.4, -0.2) is 41.2 Å². The van der Waals surface area contributed by atoms with E-state index in [1.54, 1.807) is 7.11 Å². The van der Waals surface area contributed by atoms with Crippen molar-refractivity contribution in [2.45, 2.75) is 57.7 Å². The lowest BCUT2D eigenvalue weighted by Gasteiger charge is -2.59. The van der Waals surface area contributed by atoms with Crippen molar-refractivity contribution in [2.24, 2.45) is 0 Å². The summed E-state index contributed by atoms with van der Waals surface area (Å²) in [5.74, 6) is 1.01. The van der Waals surface area contributed by atoms with Crippen molar-refractivity contribution in [1.82, 2.24) is 9.88 Å². The number of benzene rings is 1. The number of carbonyl (C=O) groups excluding carboxylic acids is 1. The van der Waals surface area contributed by atoms with E-state index in [0.29, 0.717) is 5.92 Å². The molecule has 0 radical (unpaired) electrons. The Labute approximate surface area is 148 Å². The normalized spacial score (nSPS) is 28.4. The Morgan fingerprint density at radius 3 is 2.76 bits per heavy atom. The molecule has 0 spiro atoms. The van der Waals surface area contributed by atoms with Gasteiger partial charge in [-0.1, -0.05) is 6.92 Å². The molecule has 1 aromatic heterocycles. The second-order valence-electron chi connectivity index (χ2n) is 7.77. The first-order chi connectivity index (χ1) is 11.9. The molecule has 5 nitrogen and oxygen atoms in total. The number of aromatic amines is 1. The van der Waals surface area contributed by atoms with Gasteiger partial charge in [0.1, 0.15) is 11.8 Å². The highest BCUT2D eigenvalue weighted by molar-refractivity contribution is 5.90. The number of esters is 1. The van der Waals surface area contributed by atoms with Gasteiger partial charge in [0, 0.05) is 34.6 Å². The number of hydrogen-bond donors (Lipinski definition) is 1. The molecule has 2 aromatic rings. The second kappa shape index (κ2) is 5.49. The van der Waals surface area contributed by atoms with Crippen LogP contribution in [0.15, 0.2) is 18.2 Å². The first-order valence-corrected chi connectivity index (χ1v) is 9.03. The number of H-pyrrole nitrogens is 1. The minimum Gasteiger partial charge on any atom is -0.497 e. The van der Waals surface area contributed by atoms with E-state index in [0.717, 1.165) is 35.3 Å². The summed E-state index contributed by atoms with van der Waals surface area (Å²) in [7, 11) is 1.68. The van der Waals surface area contributed by atoms with Crippen LogP contribution in [0.3, 0.4) is 0 Å². The van der Waals surface area contributed by atoms with Gasteiger partial charge in [-0.15, -0.1) is 0 Å². The molecule has 5 heteroatoms. The van der Waals surface area contributed by atoms with Crippen LogP contribution in [0.25, 0.3) is 10.9 Å². The van der Waals surface area contributed by atoms with Crippen LogP contribution in [0.2, 0.25) is 0 Å². The SMILES string of the molecule is COc1ccc2[nH]c3c(c2c1)C(C)C1(C)CCN1C3C(=O)OC(C)C. The van der Waals surface area contributed by atoms with Crippen LogP contribution < -0.4 is 4.74 Å². The summed E-state index contributed by atoms with van der Waals surface area (Å²) in [6.45, 7) is 9.25. The number of fused-ring (bicyclic) bond motifs is 4. The van der Waals surface area contributed by atoms with Crippen molar-refractivity contribution in [1.29, 1.82) is 0 Å². The minimum atomic E-state index is -0.356. The van der Waals surface area contributed by atoms with E-state index in [4.69, 9.17) is 9.47 Å². The summed E-state index contributed by atoms with van der Waals surface area (Å²) in [5.41, 5.74) is 3.26. The zero-order valence-corrected chi connectivity index (χ0v) is 15.6. The molecule has 1 N–H and O–H groups in total. The molecule has 1 saturated heterocycles. The number of methoxy groups -OCH3 is 1. The van der Waals surface area contributed by atoms with Gasteiger partial charge in [-0.3, -0.25) is 4.90 Å². The maximum Gasteiger partial charge on any atom is 0.329 e. The van der Waals surface area contributed by atoms with Gasteiger partial charge >= 0.3 is 5.97 Å². The van der Waals surface area contributed by atoms with Crippen molar-refractivity contribution >= 4 is 16.9 Å². The number of nitrogens with zero attached hydrogens (tertiary/aromatic N) is 1. The van der Waals surface area contributed by atoms with Crippen LogP contribution in [0, 0.1) is 0 Å². The van der Waals surface area contributed by atoms with Gasteiger partial charge in [-0.2, -0.15) is 0 Å². The summed E-state index contributed by atoms with van der Waals surface area (Å²) in [5, 5.41) is 1.15. The lowest BCUT2D eigenvalue weighted by molar-refractivity contribution is -0.166. The largest absolute Gasteiger partial charge is 0.497 e. The molecule has 3 heterocycles. The molecule has 3 unspecified atom stereocenters. The summed E-state index contributed by atoms with van der Waals surface area (Å²) < 4.78 is 11.0. The van der Waals surface area contributed by atoms with Crippen molar-refractivity contribution in [2.75, 3.05) is 13.7 Å². The van der Waals surface area contributed by atoms with Crippen LogP contribution in [0.4, 0.5) is 0 Å². The lowest BCUT2D eigenvalue weighted by Crippen LogP contribution is -2.65. The average molecular weight is 342 g/mol. The lowest BCUT2D eigenvalue weighted by atomic mass is 9.67. The van der Waals surface area contributed by atoms with Crippen molar-refractivity contribution in [3.05, 3.63) is 29.5 Å². The number of rotatable bonds is 3. The number of carbonyl (C=O) groups is 1. The molecule has 3 atom stereocenters. The molecule has 4 rings (SSSR count). The molecule has 134 valence electrons. The Morgan fingerprint density at radius 1 is 1.40 bits per heavy atom. The fourth-order valence-electron chi connectivity index (χ4n) is 4.51. The monoisotopic (exact) mass is 342 g/mol. The van der Waals surface area contributed by atoms with Gasteiger partial charge in [0.25, 0.3) is 0 Å². The standard InChI is InChI=1S/C20H26N2O3/c1-11(2)25-19(23)18-17-16(12(3)20(4)8-9-22(18)20)14-10-13(24-5)6-7-15(14)21-17/h6-7,10-12,18,21H,8-9H2,1-5H3. The smallest absolute Gasteiger partial charge is 0.329 e. The molecule has 0 amide bonds. The van der Waals surface area contributed by atoms with Crippen molar-refractivity contribution in [3.8, 4) is 5.75 Å². The fourth-order valence-corrected chi connectivity index (χ4v) is 4.51. The van der Waals surface area contributed by atoms with Crippen LogP contribution in [-0.2, 0) is 9.53 Å². The number of ether oxygens (including phenoxy) is 2. The Morgan fingerprint density at radius 2 is 2.16 bits per heavy atom. The molecule has 2 aliphatic heterocycles. The van der Waals surface area contributed by atoms with E-state index >= 15 is 0 Å². The minimum absolute atomic E-state index is 0.00807. The molecule has 1 aromatic carbocycles. The van der Waals surface area contributed by atoms with Crippen molar-refractivity contribution < 1.29 is 14.3 Å². The molecular formula is C20H26N2O3. The Balaban J connectivity index is 1.91. The molecular weight excluding hydrogens is 316 g/mol. The molecule has 2 aliphatic rings. The molecule has 1 fully saturated rings. The van der Waals surface area contributed by atoms with E-state index in [1.165, 1.54) is 5.56 Å². The molecule has 25 heavy (non-hydrogen) atoms. The Kier molecular flexibility index (Phi) is 3.62. The van der Waals surface area contributed by atoms with E-state index in [9.17, 15) is 4.79 Å². The van der Waals surface area contributed by atoms with E-state index in [2.05, 4.69) is 29.8 Å². The third-order valence-corrected chi connectivity index (χ3v) is 6.12. The van der Waals surface area contributed by atoms with Gasteiger partial charge in [-0.25, -0.2) is 4.79 Å². The quantitative estimate of drug-likeness (QED) is 0.863. The van der Waals surface area contributed by atoms with Crippen LogP contribution >= 0.6 is 0 Å². The predicted molar refractivity (Wildman–Crippen MR) is 97.0 cm³/mol. The zero-order chi connectivity index (χ0) is 17.9. The third-order valence-electron chi connectivity index (χ3n) is 6.12. The topological polar surface area (TPSA) is 54.6 Å². The summed E-state index contributed by atoms with van der Waals surface area (Å²) >= 11 is 0. The van der Waals surface area contributed by atoms with E-state index in [-0.39, 0.29) is 23.7 Å². The maximum absolute atomic E-state index is 12.9. The molecule has 0 bridgehead atoms. The first kappa shape index (κ1) is 16.5. The number of hydrogen-bond acceptors (Lipinski definition) is 4. The number of nitrogens with one attached hydrogen (secondary N) is 1.